The maximum absolute atomic E-state index is 11.7. The van der Waals surface area contributed by atoms with E-state index in [-0.39, 0.29) is 11.3 Å². The Balaban J connectivity index is 2.02. The van der Waals surface area contributed by atoms with Crippen molar-refractivity contribution >= 4 is 5.91 Å². The Morgan fingerprint density at radius 1 is 1.10 bits per heavy atom. The molecule has 1 aliphatic rings. The number of fused-ring (bicyclic) bond motifs is 1. The first-order valence-corrected chi connectivity index (χ1v) is 7.24. The van der Waals surface area contributed by atoms with Gasteiger partial charge in [0.1, 0.15) is 0 Å². The lowest BCUT2D eigenvalue weighted by atomic mass is 9.84. The Labute approximate surface area is 125 Å². The largest absolute Gasteiger partial charge is 0.348 e. The standard InChI is InChI=1S/C18H20N2O/c1-18(2,11-19)13-8-6-12(7-9-13)14-4-3-5-15-16(14)10-20-17(15)21/h3-9H,10-11,19H2,1-2H3,(H,20,21). The van der Waals surface area contributed by atoms with E-state index in [1.807, 2.05) is 12.1 Å². The highest BCUT2D eigenvalue weighted by Crippen LogP contribution is 2.31. The highest BCUT2D eigenvalue weighted by atomic mass is 16.1. The first-order chi connectivity index (χ1) is 10.0. The molecule has 108 valence electrons. The van der Waals surface area contributed by atoms with Crippen LogP contribution in [0.25, 0.3) is 11.1 Å². The Morgan fingerprint density at radius 2 is 1.76 bits per heavy atom. The number of rotatable bonds is 3. The lowest BCUT2D eigenvalue weighted by Gasteiger charge is -2.23. The summed E-state index contributed by atoms with van der Waals surface area (Å²) in [5, 5.41) is 2.88. The summed E-state index contributed by atoms with van der Waals surface area (Å²) in [5.74, 6) is 0.0211. The molecular weight excluding hydrogens is 260 g/mol. The second-order valence-corrected chi connectivity index (χ2v) is 6.18. The molecule has 21 heavy (non-hydrogen) atoms. The summed E-state index contributed by atoms with van der Waals surface area (Å²) in [6, 6.07) is 14.4. The van der Waals surface area contributed by atoms with Gasteiger partial charge in [-0.2, -0.15) is 0 Å². The van der Waals surface area contributed by atoms with Crippen LogP contribution in [0.2, 0.25) is 0 Å². The van der Waals surface area contributed by atoms with Crippen LogP contribution in [0.3, 0.4) is 0 Å². The molecule has 0 saturated heterocycles. The minimum atomic E-state index is -0.0192. The monoisotopic (exact) mass is 280 g/mol. The highest BCUT2D eigenvalue weighted by molar-refractivity contribution is 6.00. The van der Waals surface area contributed by atoms with Gasteiger partial charge in [0.15, 0.2) is 0 Å². The summed E-state index contributed by atoms with van der Waals surface area (Å²) in [6.07, 6.45) is 0. The topological polar surface area (TPSA) is 55.1 Å². The molecule has 0 spiro atoms. The minimum Gasteiger partial charge on any atom is -0.348 e. The van der Waals surface area contributed by atoms with Crippen LogP contribution in [0.5, 0.6) is 0 Å². The van der Waals surface area contributed by atoms with Crippen LogP contribution in [-0.2, 0) is 12.0 Å². The predicted molar refractivity (Wildman–Crippen MR) is 85.1 cm³/mol. The number of hydrogen-bond donors (Lipinski definition) is 2. The summed E-state index contributed by atoms with van der Waals surface area (Å²) in [6.45, 7) is 5.52. The van der Waals surface area contributed by atoms with Gasteiger partial charge in [0, 0.05) is 24.1 Å². The number of hydrogen-bond acceptors (Lipinski definition) is 2. The number of carbonyl (C=O) groups excluding carboxylic acids is 1. The molecule has 1 heterocycles. The number of nitrogens with one attached hydrogen (secondary N) is 1. The Kier molecular flexibility index (Phi) is 3.30. The van der Waals surface area contributed by atoms with Crippen molar-refractivity contribution in [2.45, 2.75) is 25.8 Å². The Morgan fingerprint density at radius 3 is 2.43 bits per heavy atom. The van der Waals surface area contributed by atoms with Crippen molar-refractivity contribution in [1.29, 1.82) is 0 Å². The zero-order valence-electron chi connectivity index (χ0n) is 12.4. The van der Waals surface area contributed by atoms with Gasteiger partial charge < -0.3 is 11.1 Å². The van der Waals surface area contributed by atoms with E-state index in [4.69, 9.17) is 5.73 Å². The van der Waals surface area contributed by atoms with E-state index >= 15 is 0 Å². The Bertz CT molecular complexity index is 687. The van der Waals surface area contributed by atoms with Gasteiger partial charge in [-0.1, -0.05) is 50.2 Å². The van der Waals surface area contributed by atoms with Gasteiger partial charge in [-0.15, -0.1) is 0 Å². The average Bonchev–Trinajstić information content (AvgIpc) is 2.89. The number of benzene rings is 2. The third-order valence-corrected chi connectivity index (χ3v) is 4.33. The minimum absolute atomic E-state index is 0.0192. The molecule has 3 N–H and O–H groups in total. The van der Waals surface area contributed by atoms with Gasteiger partial charge in [0.2, 0.25) is 0 Å². The second-order valence-electron chi connectivity index (χ2n) is 6.18. The normalized spacial score (nSPS) is 14.0. The van der Waals surface area contributed by atoms with E-state index < -0.39 is 0 Å². The molecule has 1 aliphatic heterocycles. The zero-order chi connectivity index (χ0) is 15.0. The Hall–Kier alpha value is -2.13. The van der Waals surface area contributed by atoms with Crippen LogP contribution in [0.1, 0.15) is 35.3 Å². The maximum atomic E-state index is 11.7. The third kappa shape index (κ3) is 2.34. The summed E-state index contributed by atoms with van der Waals surface area (Å²) in [5.41, 5.74) is 11.2. The summed E-state index contributed by atoms with van der Waals surface area (Å²) >= 11 is 0. The lowest BCUT2D eigenvalue weighted by Crippen LogP contribution is -2.27. The fraction of sp³-hybridized carbons (Fsp3) is 0.278. The van der Waals surface area contributed by atoms with Gasteiger partial charge in [-0.05, 0) is 28.3 Å². The van der Waals surface area contributed by atoms with Gasteiger partial charge in [0.05, 0.1) is 0 Å². The predicted octanol–water partition coefficient (Wildman–Crippen LogP) is 2.83. The number of nitrogens with two attached hydrogens (primary N) is 1. The summed E-state index contributed by atoms with van der Waals surface area (Å²) in [4.78, 5) is 11.7. The molecule has 0 aliphatic carbocycles. The molecule has 0 aromatic heterocycles. The molecular formula is C18H20N2O. The van der Waals surface area contributed by atoms with Crippen molar-refractivity contribution in [3.05, 3.63) is 59.2 Å². The van der Waals surface area contributed by atoms with E-state index in [9.17, 15) is 4.79 Å². The molecule has 0 atom stereocenters. The lowest BCUT2D eigenvalue weighted by molar-refractivity contribution is 0.0966. The highest BCUT2D eigenvalue weighted by Gasteiger charge is 2.22. The number of amides is 1. The van der Waals surface area contributed by atoms with Crippen LogP contribution >= 0.6 is 0 Å². The molecule has 0 unspecified atom stereocenters. The van der Waals surface area contributed by atoms with Crippen LogP contribution in [0.15, 0.2) is 42.5 Å². The van der Waals surface area contributed by atoms with Gasteiger partial charge in [-0.25, -0.2) is 0 Å². The maximum Gasteiger partial charge on any atom is 0.251 e. The molecule has 0 saturated carbocycles. The molecule has 3 rings (SSSR count). The molecule has 3 heteroatoms. The van der Waals surface area contributed by atoms with E-state index in [1.165, 1.54) is 5.56 Å². The van der Waals surface area contributed by atoms with Gasteiger partial charge in [0.25, 0.3) is 5.91 Å². The van der Waals surface area contributed by atoms with Crippen molar-refractivity contribution in [2.75, 3.05) is 6.54 Å². The molecule has 0 fully saturated rings. The molecule has 2 aromatic carbocycles. The number of carbonyl (C=O) groups is 1. The first-order valence-electron chi connectivity index (χ1n) is 7.24. The van der Waals surface area contributed by atoms with Crippen molar-refractivity contribution in [2.24, 2.45) is 5.73 Å². The molecule has 3 nitrogen and oxygen atoms in total. The van der Waals surface area contributed by atoms with Crippen molar-refractivity contribution in [3.8, 4) is 11.1 Å². The van der Waals surface area contributed by atoms with Crippen LogP contribution < -0.4 is 11.1 Å². The van der Waals surface area contributed by atoms with E-state index in [0.717, 1.165) is 22.3 Å². The third-order valence-electron chi connectivity index (χ3n) is 4.33. The van der Waals surface area contributed by atoms with E-state index in [1.54, 1.807) is 0 Å². The van der Waals surface area contributed by atoms with E-state index in [2.05, 4.69) is 49.5 Å². The fourth-order valence-electron chi connectivity index (χ4n) is 2.74. The fourth-order valence-corrected chi connectivity index (χ4v) is 2.74. The second kappa shape index (κ2) is 5.01. The molecule has 0 radical (unpaired) electrons. The van der Waals surface area contributed by atoms with Gasteiger partial charge >= 0.3 is 0 Å². The van der Waals surface area contributed by atoms with E-state index in [0.29, 0.717) is 13.1 Å². The van der Waals surface area contributed by atoms with Crippen molar-refractivity contribution in [1.82, 2.24) is 5.32 Å². The zero-order valence-corrected chi connectivity index (χ0v) is 12.4. The van der Waals surface area contributed by atoms with Crippen LogP contribution in [0, 0.1) is 0 Å². The quantitative estimate of drug-likeness (QED) is 0.908. The SMILES string of the molecule is CC(C)(CN)c1ccc(-c2cccc3c2CNC3=O)cc1. The smallest absolute Gasteiger partial charge is 0.251 e. The molecule has 2 aromatic rings. The average molecular weight is 280 g/mol. The summed E-state index contributed by atoms with van der Waals surface area (Å²) < 4.78 is 0. The van der Waals surface area contributed by atoms with Crippen molar-refractivity contribution < 1.29 is 4.79 Å². The molecule has 1 amide bonds. The van der Waals surface area contributed by atoms with Crippen LogP contribution in [-0.4, -0.2) is 12.5 Å². The summed E-state index contributed by atoms with van der Waals surface area (Å²) in [7, 11) is 0. The van der Waals surface area contributed by atoms with Crippen LogP contribution in [0.4, 0.5) is 0 Å². The van der Waals surface area contributed by atoms with Gasteiger partial charge in [-0.3, -0.25) is 4.79 Å². The first kappa shape index (κ1) is 13.8. The van der Waals surface area contributed by atoms with Crippen molar-refractivity contribution in [3.63, 3.8) is 0 Å². The molecule has 0 bridgehead atoms.